The molecule has 0 atom stereocenters. The van der Waals surface area contributed by atoms with E-state index in [4.69, 9.17) is 4.74 Å². The summed E-state index contributed by atoms with van der Waals surface area (Å²) in [5, 5.41) is 0. The minimum Gasteiger partial charge on any atom is -0.384 e. The molecule has 0 aromatic heterocycles. The molecular weight excluding hydrogens is 294 g/mol. The van der Waals surface area contributed by atoms with E-state index in [1.807, 2.05) is 0 Å². The quantitative estimate of drug-likeness (QED) is 0.657. The van der Waals surface area contributed by atoms with Crippen LogP contribution < -0.4 is 0 Å². The Morgan fingerprint density at radius 2 is 1.83 bits per heavy atom. The van der Waals surface area contributed by atoms with Crippen LogP contribution in [-0.4, -0.2) is 37.2 Å². The van der Waals surface area contributed by atoms with Gasteiger partial charge in [0.15, 0.2) is 0 Å². The Hall–Kier alpha value is -1.12. The lowest BCUT2D eigenvalue weighted by molar-refractivity contribution is 0.179. The van der Waals surface area contributed by atoms with Crippen molar-refractivity contribution >= 4 is 5.57 Å². The lowest BCUT2D eigenvalue weighted by Crippen LogP contribution is -2.37. The van der Waals surface area contributed by atoms with E-state index in [1.165, 1.54) is 36.0 Å². The molecule has 0 radical (unpaired) electrons. The van der Waals surface area contributed by atoms with Crippen LogP contribution in [0.1, 0.15) is 63.6 Å². The van der Waals surface area contributed by atoms with E-state index < -0.39 is 0 Å². The first kappa shape index (κ1) is 19.2. The zero-order chi connectivity index (χ0) is 17.5. The number of methoxy groups -OCH3 is 1. The average Bonchev–Trinajstić information content (AvgIpc) is 2.75. The van der Waals surface area contributed by atoms with Gasteiger partial charge in [0, 0.05) is 25.7 Å². The summed E-state index contributed by atoms with van der Waals surface area (Å²) in [6, 6.07) is 8.04. The van der Waals surface area contributed by atoms with Crippen molar-refractivity contribution in [3.63, 3.8) is 0 Å². The number of hydrogen-bond donors (Lipinski definition) is 0. The highest BCUT2D eigenvalue weighted by Gasteiger charge is 2.18. The minimum absolute atomic E-state index is 0.597. The second kappa shape index (κ2) is 9.39. The highest BCUT2D eigenvalue weighted by Crippen LogP contribution is 2.32. The molecule has 2 heteroatoms. The maximum absolute atomic E-state index is 5.34. The SMILES string of the molecule is COCCc1cccc2c1C(CCN(C(C)C)C(C)C)=CCCC2. The molecule has 0 amide bonds. The van der Waals surface area contributed by atoms with Gasteiger partial charge in [0.25, 0.3) is 0 Å². The van der Waals surface area contributed by atoms with Gasteiger partial charge in [-0.25, -0.2) is 0 Å². The van der Waals surface area contributed by atoms with Gasteiger partial charge in [0.1, 0.15) is 0 Å². The average molecular weight is 330 g/mol. The Morgan fingerprint density at radius 3 is 2.50 bits per heavy atom. The molecule has 0 unspecified atom stereocenters. The molecule has 0 N–H and O–H groups in total. The van der Waals surface area contributed by atoms with Gasteiger partial charge in [-0.05, 0) is 82.1 Å². The highest BCUT2D eigenvalue weighted by molar-refractivity contribution is 5.72. The van der Waals surface area contributed by atoms with Crippen molar-refractivity contribution in [3.8, 4) is 0 Å². The third-order valence-corrected chi connectivity index (χ3v) is 5.14. The maximum Gasteiger partial charge on any atom is 0.0502 e. The van der Waals surface area contributed by atoms with Crippen LogP contribution in [0.2, 0.25) is 0 Å². The van der Waals surface area contributed by atoms with Crippen LogP contribution in [0.3, 0.4) is 0 Å². The fourth-order valence-electron chi connectivity index (χ4n) is 3.95. The first-order chi connectivity index (χ1) is 11.5. The van der Waals surface area contributed by atoms with Crippen LogP contribution in [-0.2, 0) is 17.6 Å². The molecule has 134 valence electrons. The fraction of sp³-hybridized carbons (Fsp3) is 0.636. The van der Waals surface area contributed by atoms with E-state index in [1.54, 1.807) is 12.7 Å². The summed E-state index contributed by atoms with van der Waals surface area (Å²) in [7, 11) is 1.79. The highest BCUT2D eigenvalue weighted by atomic mass is 16.5. The Kier molecular flexibility index (Phi) is 7.51. The molecule has 0 aliphatic heterocycles. The van der Waals surface area contributed by atoms with E-state index in [0.717, 1.165) is 26.0 Å². The van der Waals surface area contributed by atoms with Crippen molar-refractivity contribution in [2.75, 3.05) is 20.3 Å². The Labute approximate surface area is 148 Å². The van der Waals surface area contributed by atoms with Gasteiger partial charge in [0.2, 0.25) is 0 Å². The molecule has 0 heterocycles. The molecule has 2 rings (SSSR count). The molecule has 1 aromatic rings. The number of benzene rings is 1. The molecule has 2 nitrogen and oxygen atoms in total. The van der Waals surface area contributed by atoms with Gasteiger partial charge in [0.05, 0.1) is 6.61 Å². The lowest BCUT2D eigenvalue weighted by atomic mass is 9.90. The summed E-state index contributed by atoms with van der Waals surface area (Å²) in [6.07, 6.45) is 8.33. The molecule has 1 aliphatic carbocycles. The number of aryl methyl sites for hydroxylation is 1. The van der Waals surface area contributed by atoms with Gasteiger partial charge >= 0.3 is 0 Å². The van der Waals surface area contributed by atoms with Gasteiger partial charge in [-0.2, -0.15) is 0 Å². The number of nitrogens with zero attached hydrogens (tertiary/aromatic N) is 1. The molecule has 0 saturated carbocycles. The van der Waals surface area contributed by atoms with Crippen molar-refractivity contribution in [2.24, 2.45) is 0 Å². The van der Waals surface area contributed by atoms with Crippen molar-refractivity contribution in [1.82, 2.24) is 4.90 Å². The van der Waals surface area contributed by atoms with Crippen LogP contribution in [0.15, 0.2) is 24.3 Å². The molecule has 0 fully saturated rings. The summed E-state index contributed by atoms with van der Waals surface area (Å²) < 4.78 is 5.34. The predicted molar refractivity (Wildman–Crippen MR) is 105 cm³/mol. The van der Waals surface area contributed by atoms with Gasteiger partial charge in [-0.1, -0.05) is 24.3 Å². The molecule has 0 spiro atoms. The van der Waals surface area contributed by atoms with Crippen LogP contribution in [0.4, 0.5) is 0 Å². The second-order valence-corrected chi connectivity index (χ2v) is 7.49. The second-order valence-electron chi connectivity index (χ2n) is 7.49. The van der Waals surface area contributed by atoms with E-state index in [2.05, 4.69) is 56.9 Å². The summed E-state index contributed by atoms with van der Waals surface area (Å²) >= 11 is 0. The van der Waals surface area contributed by atoms with Crippen molar-refractivity contribution in [2.45, 2.75) is 71.9 Å². The molecule has 0 bridgehead atoms. The van der Waals surface area contributed by atoms with Crippen LogP contribution in [0.5, 0.6) is 0 Å². The zero-order valence-electron chi connectivity index (χ0n) is 16.3. The Balaban J connectivity index is 2.24. The van der Waals surface area contributed by atoms with Crippen LogP contribution >= 0.6 is 0 Å². The molecule has 1 aromatic carbocycles. The first-order valence-electron chi connectivity index (χ1n) is 9.59. The minimum atomic E-state index is 0.597. The summed E-state index contributed by atoms with van der Waals surface area (Å²) in [4.78, 5) is 2.60. The number of allylic oxidation sites excluding steroid dienone is 1. The number of hydrogen-bond acceptors (Lipinski definition) is 2. The number of rotatable bonds is 8. The van der Waals surface area contributed by atoms with Gasteiger partial charge in [-0.3, -0.25) is 4.90 Å². The molecule has 1 aliphatic rings. The van der Waals surface area contributed by atoms with Crippen molar-refractivity contribution in [1.29, 1.82) is 0 Å². The Bertz CT molecular complexity index is 537. The van der Waals surface area contributed by atoms with E-state index in [-0.39, 0.29) is 0 Å². The summed E-state index contributed by atoms with van der Waals surface area (Å²) in [6.45, 7) is 11.2. The largest absolute Gasteiger partial charge is 0.384 e. The summed E-state index contributed by atoms with van der Waals surface area (Å²) in [5.41, 5.74) is 6.08. The van der Waals surface area contributed by atoms with Gasteiger partial charge < -0.3 is 4.74 Å². The van der Waals surface area contributed by atoms with Crippen LogP contribution in [0, 0.1) is 0 Å². The maximum atomic E-state index is 5.34. The van der Waals surface area contributed by atoms with Crippen molar-refractivity contribution < 1.29 is 4.74 Å². The monoisotopic (exact) mass is 329 g/mol. The third-order valence-electron chi connectivity index (χ3n) is 5.14. The molecular formula is C22H35NO. The summed E-state index contributed by atoms with van der Waals surface area (Å²) in [5.74, 6) is 0. The lowest BCUT2D eigenvalue weighted by Gasteiger charge is -2.31. The smallest absolute Gasteiger partial charge is 0.0502 e. The molecule has 0 saturated heterocycles. The fourth-order valence-corrected chi connectivity index (χ4v) is 3.95. The normalized spacial score (nSPS) is 14.9. The first-order valence-corrected chi connectivity index (χ1v) is 9.59. The van der Waals surface area contributed by atoms with E-state index >= 15 is 0 Å². The van der Waals surface area contributed by atoms with E-state index in [0.29, 0.717) is 12.1 Å². The standard InChI is InChI=1S/C22H35NO/c1-17(2)23(18(3)4)15-13-20-10-7-6-9-19-11-8-12-21(22(19)20)14-16-24-5/h8,10-12,17-18H,6-7,9,13-16H2,1-5H3. The topological polar surface area (TPSA) is 12.5 Å². The third kappa shape index (κ3) is 4.94. The van der Waals surface area contributed by atoms with E-state index in [9.17, 15) is 0 Å². The number of fused-ring (bicyclic) bond motifs is 1. The zero-order valence-corrected chi connectivity index (χ0v) is 16.3. The van der Waals surface area contributed by atoms with Crippen LogP contribution in [0.25, 0.3) is 5.57 Å². The number of ether oxygens (including phenoxy) is 1. The van der Waals surface area contributed by atoms with Gasteiger partial charge in [-0.15, -0.1) is 0 Å². The Morgan fingerprint density at radius 1 is 1.08 bits per heavy atom. The predicted octanol–water partition coefficient (Wildman–Crippen LogP) is 5.10. The van der Waals surface area contributed by atoms with Crippen molar-refractivity contribution in [3.05, 3.63) is 41.0 Å². The molecule has 24 heavy (non-hydrogen) atoms.